The molecule has 0 saturated heterocycles. The van der Waals surface area contributed by atoms with Crippen molar-refractivity contribution in [2.75, 3.05) is 6.61 Å². The van der Waals surface area contributed by atoms with Gasteiger partial charge in [0.2, 0.25) is 0 Å². The minimum atomic E-state index is 0.299. The smallest absolute Gasteiger partial charge is 0.134 e. The van der Waals surface area contributed by atoms with E-state index in [0.717, 1.165) is 23.3 Å². The molecule has 1 N–H and O–H groups in total. The molecule has 1 heterocycles. The number of benzene rings is 2. The van der Waals surface area contributed by atoms with Gasteiger partial charge in [-0.05, 0) is 29.7 Å². The van der Waals surface area contributed by atoms with Gasteiger partial charge in [-0.25, -0.2) is 0 Å². The summed E-state index contributed by atoms with van der Waals surface area (Å²) in [6, 6.07) is 13.9. The van der Waals surface area contributed by atoms with E-state index >= 15 is 0 Å². The Labute approximate surface area is 123 Å². The highest BCUT2D eigenvalue weighted by Crippen LogP contribution is 2.30. The van der Waals surface area contributed by atoms with Crippen molar-refractivity contribution < 1.29 is 14.7 Å². The molecule has 0 amide bonds. The molecule has 0 atom stereocenters. The highest BCUT2D eigenvalue weighted by molar-refractivity contribution is 6.06. The highest BCUT2D eigenvalue weighted by atomic mass is 16.5. The van der Waals surface area contributed by atoms with E-state index in [1.807, 2.05) is 18.2 Å². The van der Waals surface area contributed by atoms with Crippen LogP contribution in [0.4, 0.5) is 0 Å². The van der Waals surface area contributed by atoms with Gasteiger partial charge in [-0.3, -0.25) is 0 Å². The number of oxime groups is 1. The Morgan fingerprint density at radius 2 is 1.90 bits per heavy atom. The first-order valence-electron chi connectivity index (χ1n) is 6.99. The summed E-state index contributed by atoms with van der Waals surface area (Å²) in [4.78, 5) is 0. The van der Waals surface area contributed by atoms with E-state index in [0.29, 0.717) is 24.7 Å². The fourth-order valence-corrected chi connectivity index (χ4v) is 2.29. The van der Waals surface area contributed by atoms with E-state index in [9.17, 15) is 0 Å². The normalized spacial score (nSPS) is 14.8. The van der Waals surface area contributed by atoms with Gasteiger partial charge in [-0.2, -0.15) is 0 Å². The Kier molecular flexibility index (Phi) is 3.77. The zero-order valence-corrected chi connectivity index (χ0v) is 11.9. The maximum atomic E-state index is 8.85. The van der Waals surface area contributed by atoms with Gasteiger partial charge in [0.1, 0.15) is 30.4 Å². The van der Waals surface area contributed by atoms with Crippen molar-refractivity contribution >= 4 is 5.71 Å². The van der Waals surface area contributed by atoms with Gasteiger partial charge in [-0.1, -0.05) is 36.3 Å². The van der Waals surface area contributed by atoms with Crippen molar-refractivity contribution in [2.24, 2.45) is 5.16 Å². The monoisotopic (exact) mass is 283 g/mol. The van der Waals surface area contributed by atoms with Gasteiger partial charge in [0.15, 0.2) is 0 Å². The molecule has 0 aromatic heterocycles. The molecule has 0 saturated carbocycles. The number of aryl methyl sites for hydroxylation is 1. The lowest BCUT2D eigenvalue weighted by Gasteiger charge is -2.08. The summed E-state index contributed by atoms with van der Waals surface area (Å²) in [6.07, 6.45) is 1.04. The molecule has 1 aliphatic heterocycles. The largest absolute Gasteiger partial charge is 0.489 e. The van der Waals surface area contributed by atoms with Gasteiger partial charge >= 0.3 is 0 Å². The second-order valence-electron chi connectivity index (χ2n) is 4.95. The van der Waals surface area contributed by atoms with Gasteiger partial charge in [0.25, 0.3) is 0 Å². The van der Waals surface area contributed by atoms with Crippen molar-refractivity contribution in [1.29, 1.82) is 0 Å². The first kappa shape index (κ1) is 13.5. The van der Waals surface area contributed by atoms with Gasteiger partial charge < -0.3 is 14.7 Å². The van der Waals surface area contributed by atoms with E-state index in [2.05, 4.69) is 36.3 Å². The number of nitrogens with zero attached hydrogens (tertiary/aromatic N) is 1. The number of fused-ring (bicyclic) bond motifs is 1. The number of hydrogen-bond acceptors (Lipinski definition) is 4. The van der Waals surface area contributed by atoms with Crippen molar-refractivity contribution in [1.82, 2.24) is 0 Å². The Morgan fingerprint density at radius 1 is 1.14 bits per heavy atom. The Balaban J connectivity index is 1.68. The van der Waals surface area contributed by atoms with Gasteiger partial charge in [0.05, 0.1) is 0 Å². The average Bonchev–Trinajstić information content (AvgIpc) is 2.95. The minimum absolute atomic E-state index is 0.299. The van der Waals surface area contributed by atoms with Gasteiger partial charge in [-0.15, -0.1) is 0 Å². The quantitative estimate of drug-likeness (QED) is 0.691. The summed E-state index contributed by atoms with van der Waals surface area (Å²) in [6.45, 7) is 2.96. The molecule has 21 heavy (non-hydrogen) atoms. The van der Waals surface area contributed by atoms with Crippen molar-refractivity contribution in [3.05, 3.63) is 59.2 Å². The lowest BCUT2D eigenvalue weighted by molar-refractivity contribution is 0.302. The molecular formula is C17H17NO3. The summed E-state index contributed by atoms with van der Waals surface area (Å²) >= 11 is 0. The van der Waals surface area contributed by atoms with Crippen LogP contribution in [0, 0.1) is 0 Å². The fourth-order valence-electron chi connectivity index (χ4n) is 2.29. The maximum absolute atomic E-state index is 8.85. The van der Waals surface area contributed by atoms with E-state index < -0.39 is 0 Å². The molecule has 0 radical (unpaired) electrons. The summed E-state index contributed by atoms with van der Waals surface area (Å²) in [7, 11) is 0. The molecule has 0 bridgehead atoms. The fraction of sp³-hybridized carbons (Fsp3) is 0.235. The average molecular weight is 283 g/mol. The Morgan fingerprint density at radius 3 is 2.62 bits per heavy atom. The third-order valence-corrected chi connectivity index (χ3v) is 3.59. The number of hydrogen-bond donors (Lipinski definition) is 1. The van der Waals surface area contributed by atoms with E-state index in [1.165, 1.54) is 5.56 Å². The van der Waals surface area contributed by atoms with Crippen LogP contribution in [-0.4, -0.2) is 17.5 Å². The topological polar surface area (TPSA) is 51.0 Å². The summed E-state index contributed by atoms with van der Waals surface area (Å²) < 4.78 is 11.2. The number of ether oxygens (including phenoxy) is 2. The van der Waals surface area contributed by atoms with Crippen LogP contribution in [0.15, 0.2) is 47.6 Å². The summed E-state index contributed by atoms with van der Waals surface area (Å²) in [5.41, 5.74) is 3.82. The Bertz CT molecular complexity index is 662. The molecule has 0 aliphatic carbocycles. The minimum Gasteiger partial charge on any atom is -0.489 e. The first-order chi connectivity index (χ1) is 10.3. The third-order valence-electron chi connectivity index (χ3n) is 3.59. The zero-order valence-electron chi connectivity index (χ0n) is 11.9. The maximum Gasteiger partial charge on any atom is 0.134 e. The van der Waals surface area contributed by atoms with Crippen LogP contribution in [0.3, 0.4) is 0 Å². The van der Waals surface area contributed by atoms with Crippen LogP contribution < -0.4 is 9.47 Å². The van der Waals surface area contributed by atoms with Crippen LogP contribution in [0.5, 0.6) is 11.5 Å². The second-order valence-corrected chi connectivity index (χ2v) is 4.95. The molecule has 108 valence electrons. The SMILES string of the molecule is CCc1ccc(COc2ccc3c(c2)OCC3=NO)cc1. The lowest BCUT2D eigenvalue weighted by Crippen LogP contribution is -2.01. The molecule has 2 aromatic carbocycles. The second kappa shape index (κ2) is 5.87. The first-order valence-corrected chi connectivity index (χ1v) is 6.99. The van der Waals surface area contributed by atoms with Gasteiger partial charge in [0, 0.05) is 11.6 Å². The summed E-state index contributed by atoms with van der Waals surface area (Å²) in [5.74, 6) is 1.44. The van der Waals surface area contributed by atoms with Crippen molar-refractivity contribution in [3.8, 4) is 11.5 Å². The number of rotatable bonds is 4. The molecule has 0 fully saturated rings. The molecule has 0 spiro atoms. The predicted octanol–water partition coefficient (Wildman–Crippen LogP) is 3.40. The molecule has 1 aliphatic rings. The van der Waals surface area contributed by atoms with Crippen LogP contribution >= 0.6 is 0 Å². The highest BCUT2D eigenvalue weighted by Gasteiger charge is 2.20. The third kappa shape index (κ3) is 2.84. The predicted molar refractivity (Wildman–Crippen MR) is 80.4 cm³/mol. The van der Waals surface area contributed by atoms with Crippen molar-refractivity contribution in [2.45, 2.75) is 20.0 Å². The van der Waals surface area contributed by atoms with Crippen LogP contribution in [0.1, 0.15) is 23.6 Å². The zero-order chi connectivity index (χ0) is 14.7. The molecule has 4 nitrogen and oxygen atoms in total. The van der Waals surface area contributed by atoms with Crippen LogP contribution in [0.25, 0.3) is 0 Å². The van der Waals surface area contributed by atoms with E-state index in [1.54, 1.807) is 0 Å². The molecule has 2 aromatic rings. The molecule has 4 heteroatoms. The van der Waals surface area contributed by atoms with E-state index in [4.69, 9.17) is 14.7 Å². The lowest BCUT2D eigenvalue weighted by atomic mass is 10.1. The summed E-state index contributed by atoms with van der Waals surface area (Å²) in [5, 5.41) is 12.1. The van der Waals surface area contributed by atoms with Crippen LogP contribution in [0.2, 0.25) is 0 Å². The standard InChI is InChI=1S/C17H17NO3/c1-2-12-3-5-13(6-4-12)10-20-14-7-8-15-16(18-19)11-21-17(15)9-14/h3-9,19H,2,10-11H2,1H3. The molecular weight excluding hydrogens is 266 g/mol. The van der Waals surface area contributed by atoms with Crippen molar-refractivity contribution in [3.63, 3.8) is 0 Å². The molecule has 3 rings (SSSR count). The molecule has 0 unspecified atom stereocenters. The van der Waals surface area contributed by atoms with Crippen LogP contribution in [-0.2, 0) is 13.0 Å². The van der Waals surface area contributed by atoms with E-state index in [-0.39, 0.29) is 0 Å². The Hall–Kier alpha value is -2.49.